The van der Waals surface area contributed by atoms with E-state index in [4.69, 9.17) is 27.3 Å². The molecule has 0 radical (unpaired) electrons. The van der Waals surface area contributed by atoms with E-state index in [9.17, 15) is 23.2 Å². The van der Waals surface area contributed by atoms with E-state index in [0.717, 1.165) is 10.4 Å². The van der Waals surface area contributed by atoms with Crippen molar-refractivity contribution in [3.05, 3.63) is 58.4 Å². The average molecular weight is 487 g/mol. The molecule has 0 unspecified atom stereocenters. The molecule has 1 fully saturated rings. The molecule has 31 heavy (non-hydrogen) atoms. The number of nitrogens with zero attached hydrogens (tertiary/aromatic N) is 3. The van der Waals surface area contributed by atoms with E-state index in [0.29, 0.717) is 0 Å². The van der Waals surface area contributed by atoms with E-state index in [1.54, 1.807) is 12.1 Å². The maximum atomic E-state index is 13.9. The fraction of sp³-hybridized carbons (Fsp3) is 0.263. The SMILES string of the molecule is Cl.N#Cc1ccc(O[C@H]2CN(S(=O)(=O)c3ccc(Cl)cc3C#N)C[C@]2(O)CN)cc1F. The molecule has 2 aromatic carbocycles. The van der Waals surface area contributed by atoms with Gasteiger partial charge in [0.2, 0.25) is 10.0 Å². The van der Waals surface area contributed by atoms with Gasteiger partial charge in [-0.3, -0.25) is 0 Å². The number of ether oxygens (including phenoxy) is 1. The molecule has 0 amide bonds. The topological polar surface area (TPSA) is 140 Å². The minimum Gasteiger partial charge on any atom is -0.486 e. The summed E-state index contributed by atoms with van der Waals surface area (Å²) < 4.78 is 46.6. The summed E-state index contributed by atoms with van der Waals surface area (Å²) >= 11 is 5.83. The van der Waals surface area contributed by atoms with Gasteiger partial charge in [-0.05, 0) is 30.3 Å². The van der Waals surface area contributed by atoms with Crippen LogP contribution in [0.25, 0.3) is 0 Å². The first-order chi connectivity index (χ1) is 14.1. The number of nitriles is 2. The second-order valence-electron chi connectivity index (χ2n) is 6.72. The summed E-state index contributed by atoms with van der Waals surface area (Å²) in [7, 11) is -4.18. The van der Waals surface area contributed by atoms with Crippen LogP contribution in [0.2, 0.25) is 5.02 Å². The minimum absolute atomic E-state index is 0. The Balaban J connectivity index is 0.00000341. The highest BCUT2D eigenvalue weighted by Gasteiger charge is 2.50. The lowest BCUT2D eigenvalue weighted by molar-refractivity contribution is -0.0200. The van der Waals surface area contributed by atoms with Gasteiger partial charge < -0.3 is 15.6 Å². The van der Waals surface area contributed by atoms with Crippen molar-refractivity contribution in [2.45, 2.75) is 16.6 Å². The predicted octanol–water partition coefficient (Wildman–Crippen LogP) is 1.79. The minimum atomic E-state index is -4.18. The number of hydrogen-bond donors (Lipinski definition) is 2. The Hall–Kier alpha value is -2.44. The number of nitrogens with two attached hydrogens (primary N) is 1. The van der Waals surface area contributed by atoms with Gasteiger partial charge in [0.25, 0.3) is 0 Å². The fourth-order valence-electron chi connectivity index (χ4n) is 3.13. The van der Waals surface area contributed by atoms with Crippen LogP contribution in [0.1, 0.15) is 11.1 Å². The zero-order chi connectivity index (χ0) is 22.1. The molecule has 0 aliphatic carbocycles. The Labute approximate surface area is 189 Å². The normalized spacial score (nSPS) is 21.0. The van der Waals surface area contributed by atoms with Gasteiger partial charge in [0.1, 0.15) is 40.3 Å². The Kier molecular flexibility index (Phi) is 7.50. The predicted molar refractivity (Wildman–Crippen MR) is 112 cm³/mol. The number of aliphatic hydroxyl groups is 1. The molecule has 0 spiro atoms. The van der Waals surface area contributed by atoms with Crippen LogP contribution in [0.4, 0.5) is 4.39 Å². The van der Waals surface area contributed by atoms with Crippen molar-refractivity contribution in [3.8, 4) is 17.9 Å². The summed E-state index contributed by atoms with van der Waals surface area (Å²) in [4.78, 5) is -0.265. The van der Waals surface area contributed by atoms with Crippen molar-refractivity contribution in [3.63, 3.8) is 0 Å². The second-order valence-corrected chi connectivity index (χ2v) is 9.06. The maximum Gasteiger partial charge on any atom is 0.244 e. The molecule has 1 saturated heterocycles. The molecular weight excluding hydrogens is 470 g/mol. The number of halogens is 3. The quantitative estimate of drug-likeness (QED) is 0.655. The maximum absolute atomic E-state index is 13.9. The number of sulfonamides is 1. The van der Waals surface area contributed by atoms with Crippen molar-refractivity contribution in [2.24, 2.45) is 5.73 Å². The van der Waals surface area contributed by atoms with Crippen molar-refractivity contribution >= 4 is 34.0 Å². The lowest BCUT2D eigenvalue weighted by Gasteiger charge is -2.27. The summed E-state index contributed by atoms with van der Waals surface area (Å²) in [5.74, 6) is -0.805. The van der Waals surface area contributed by atoms with Crippen LogP contribution in [0.3, 0.4) is 0 Å². The largest absolute Gasteiger partial charge is 0.486 e. The number of hydrogen-bond acceptors (Lipinski definition) is 7. The molecule has 0 bridgehead atoms. The Bertz CT molecular complexity index is 1180. The molecule has 3 N–H and O–H groups in total. The van der Waals surface area contributed by atoms with E-state index in [1.807, 2.05) is 0 Å². The molecule has 0 saturated carbocycles. The first kappa shape index (κ1) is 24.8. The molecule has 0 aromatic heterocycles. The second kappa shape index (κ2) is 9.37. The van der Waals surface area contributed by atoms with Gasteiger partial charge in [-0.2, -0.15) is 14.8 Å². The van der Waals surface area contributed by atoms with Gasteiger partial charge in [-0.15, -0.1) is 12.4 Å². The Morgan fingerprint density at radius 3 is 2.52 bits per heavy atom. The van der Waals surface area contributed by atoms with Gasteiger partial charge >= 0.3 is 0 Å². The van der Waals surface area contributed by atoms with Gasteiger partial charge in [0.15, 0.2) is 0 Å². The smallest absolute Gasteiger partial charge is 0.244 e. The summed E-state index contributed by atoms with van der Waals surface area (Å²) in [6, 6.07) is 10.8. The third-order valence-electron chi connectivity index (χ3n) is 4.79. The van der Waals surface area contributed by atoms with E-state index in [-0.39, 0.29) is 58.8 Å². The molecule has 164 valence electrons. The van der Waals surface area contributed by atoms with Crippen molar-refractivity contribution in [2.75, 3.05) is 19.6 Å². The van der Waals surface area contributed by atoms with Crippen LogP contribution in [-0.2, 0) is 10.0 Å². The van der Waals surface area contributed by atoms with Crippen LogP contribution >= 0.6 is 24.0 Å². The van der Waals surface area contributed by atoms with Crippen molar-refractivity contribution in [1.82, 2.24) is 4.31 Å². The Morgan fingerprint density at radius 1 is 1.26 bits per heavy atom. The van der Waals surface area contributed by atoms with Crippen LogP contribution in [0.15, 0.2) is 41.3 Å². The highest BCUT2D eigenvalue weighted by Crippen LogP contribution is 2.32. The molecule has 8 nitrogen and oxygen atoms in total. The van der Waals surface area contributed by atoms with Crippen LogP contribution in [0.5, 0.6) is 5.75 Å². The molecule has 2 aromatic rings. The van der Waals surface area contributed by atoms with Crippen LogP contribution in [-0.4, -0.2) is 49.2 Å². The fourth-order valence-corrected chi connectivity index (χ4v) is 4.93. The third kappa shape index (κ3) is 4.75. The monoisotopic (exact) mass is 486 g/mol. The number of β-amino-alcohol motifs (C(OH)–C–C–N with tert-alkyl or cyclic N) is 1. The van der Waals surface area contributed by atoms with Crippen LogP contribution < -0.4 is 10.5 Å². The van der Waals surface area contributed by atoms with E-state index >= 15 is 0 Å². The first-order valence-corrected chi connectivity index (χ1v) is 10.4. The summed E-state index contributed by atoms with van der Waals surface area (Å²) in [5, 5.41) is 29.1. The molecule has 2 atom stereocenters. The zero-order valence-electron chi connectivity index (χ0n) is 15.8. The van der Waals surface area contributed by atoms with Crippen molar-refractivity contribution in [1.29, 1.82) is 10.5 Å². The van der Waals surface area contributed by atoms with Crippen LogP contribution in [0, 0.1) is 28.5 Å². The highest BCUT2D eigenvalue weighted by molar-refractivity contribution is 7.89. The highest BCUT2D eigenvalue weighted by atomic mass is 35.5. The Morgan fingerprint density at radius 2 is 1.94 bits per heavy atom. The molecular formula is C19H17Cl2FN4O4S. The lowest BCUT2D eigenvalue weighted by Crippen LogP contribution is -2.50. The molecule has 1 heterocycles. The summed E-state index contributed by atoms with van der Waals surface area (Å²) in [6.45, 7) is -0.998. The van der Waals surface area contributed by atoms with Gasteiger partial charge in [-0.1, -0.05) is 11.6 Å². The van der Waals surface area contributed by atoms with Gasteiger partial charge in [0, 0.05) is 24.2 Å². The van der Waals surface area contributed by atoms with Crippen molar-refractivity contribution < 1.29 is 22.7 Å². The number of benzene rings is 2. The molecule has 1 aliphatic rings. The van der Waals surface area contributed by atoms with E-state index in [1.165, 1.54) is 30.3 Å². The van der Waals surface area contributed by atoms with Gasteiger partial charge in [0.05, 0.1) is 17.7 Å². The van der Waals surface area contributed by atoms with Gasteiger partial charge in [-0.25, -0.2) is 12.8 Å². The summed E-state index contributed by atoms with van der Waals surface area (Å²) in [5.41, 5.74) is 3.59. The standard InChI is InChI=1S/C19H16ClFN4O4S.ClH/c20-14-2-4-17(13(5-14)8-23)30(27,28)25-9-18(19(26,10-24)11-25)29-15-3-1-12(7-22)16(21)6-15;/h1-6,18,26H,9-11,24H2;1H/t18-,19+;/m0./s1. The third-order valence-corrected chi connectivity index (χ3v) is 6.90. The number of rotatable bonds is 5. The van der Waals surface area contributed by atoms with E-state index in [2.05, 4.69) is 0 Å². The zero-order valence-corrected chi connectivity index (χ0v) is 18.2. The lowest BCUT2D eigenvalue weighted by atomic mass is 10.0. The van der Waals surface area contributed by atoms with E-state index < -0.39 is 27.5 Å². The molecule has 3 rings (SSSR count). The molecule has 12 heteroatoms. The molecule has 1 aliphatic heterocycles. The summed E-state index contributed by atoms with van der Waals surface area (Å²) in [6.07, 6.45) is -1.11. The first-order valence-electron chi connectivity index (χ1n) is 8.63. The average Bonchev–Trinajstić information content (AvgIpc) is 3.05.